The number of aryl methyl sites for hydroxylation is 1. The largest absolute Gasteiger partial charge is 0.431 e. The molecule has 24 heavy (non-hydrogen) atoms. The van der Waals surface area contributed by atoms with Crippen molar-refractivity contribution in [3.63, 3.8) is 0 Å². The molecule has 3 heterocycles. The third-order valence-electron chi connectivity index (χ3n) is 5.03. The van der Waals surface area contributed by atoms with Crippen LogP contribution in [0.2, 0.25) is 0 Å². The summed E-state index contributed by atoms with van der Waals surface area (Å²) in [4.78, 5) is 19.5. The maximum Gasteiger partial charge on any atom is 0.332 e. The molecule has 0 spiro atoms. The minimum absolute atomic E-state index is 0.234. The molecular weight excluding hydrogens is 330 g/mol. The first-order chi connectivity index (χ1) is 11.6. The Kier molecular flexibility index (Phi) is 3.99. The third kappa shape index (κ3) is 2.12. The van der Waals surface area contributed by atoms with Gasteiger partial charge in [-0.05, 0) is 38.8 Å². The first-order valence-electron chi connectivity index (χ1n) is 8.33. The number of hydrogen-bond donors (Lipinski definition) is 0. The standard InChI is InChI=1S/C17H21NO5S/c1-3-21-15-14-17(16(19)22-15,13-5-4-10-18(13)23-14)24(20)12-8-6-11(2)7-9-12/h6-9,13-15H,3-5,10H2,1-2H3/t13-,14-,15+,17+,24?/m0/s1. The van der Waals surface area contributed by atoms with E-state index in [0.29, 0.717) is 11.5 Å². The lowest BCUT2D eigenvalue weighted by Crippen LogP contribution is -2.54. The topological polar surface area (TPSA) is 65.1 Å². The normalized spacial score (nSPS) is 36.4. The van der Waals surface area contributed by atoms with Crippen LogP contribution in [0.3, 0.4) is 0 Å². The summed E-state index contributed by atoms with van der Waals surface area (Å²) in [7, 11) is -1.58. The van der Waals surface area contributed by atoms with Crippen molar-refractivity contribution in [2.45, 2.75) is 54.8 Å². The Labute approximate surface area is 143 Å². The van der Waals surface area contributed by atoms with Gasteiger partial charge >= 0.3 is 5.97 Å². The van der Waals surface area contributed by atoms with Gasteiger partial charge in [-0.25, -0.2) is 0 Å². The number of cyclic esters (lactones) is 1. The third-order valence-corrected chi connectivity index (χ3v) is 7.02. The average molecular weight is 351 g/mol. The SMILES string of the molecule is CCO[C@@H]1OC(=O)[C@@]2(S(=O)c3ccc(C)cc3)[C@@H]3CCCN3O[C@@H]12. The van der Waals surface area contributed by atoms with E-state index in [0.717, 1.165) is 24.9 Å². The second-order valence-corrected chi connectivity index (χ2v) is 8.11. The molecule has 0 aromatic heterocycles. The van der Waals surface area contributed by atoms with Crippen molar-refractivity contribution < 1.29 is 23.3 Å². The lowest BCUT2D eigenvalue weighted by atomic mass is 9.94. The van der Waals surface area contributed by atoms with Gasteiger partial charge in [-0.2, -0.15) is 5.06 Å². The summed E-state index contributed by atoms with van der Waals surface area (Å²) in [6.07, 6.45) is 0.207. The van der Waals surface area contributed by atoms with Gasteiger partial charge in [-0.1, -0.05) is 17.7 Å². The Morgan fingerprint density at radius 3 is 2.83 bits per heavy atom. The molecule has 130 valence electrons. The molecule has 4 rings (SSSR count). The highest BCUT2D eigenvalue weighted by Gasteiger charge is 2.73. The number of rotatable bonds is 4. The highest BCUT2D eigenvalue weighted by molar-refractivity contribution is 7.87. The van der Waals surface area contributed by atoms with Crippen LogP contribution in [0.1, 0.15) is 25.3 Å². The molecule has 0 bridgehead atoms. The summed E-state index contributed by atoms with van der Waals surface area (Å²) in [5.41, 5.74) is 1.08. The van der Waals surface area contributed by atoms with Crippen LogP contribution in [0.4, 0.5) is 0 Å². The first-order valence-corrected chi connectivity index (χ1v) is 9.48. The molecule has 3 fully saturated rings. The predicted molar refractivity (Wildman–Crippen MR) is 86.4 cm³/mol. The van der Waals surface area contributed by atoms with E-state index in [2.05, 4.69) is 0 Å². The van der Waals surface area contributed by atoms with Gasteiger partial charge in [-0.3, -0.25) is 13.8 Å². The van der Waals surface area contributed by atoms with Crippen molar-refractivity contribution in [3.8, 4) is 0 Å². The van der Waals surface area contributed by atoms with Gasteiger partial charge < -0.3 is 9.47 Å². The van der Waals surface area contributed by atoms with E-state index >= 15 is 0 Å². The van der Waals surface area contributed by atoms with Gasteiger partial charge in [-0.15, -0.1) is 0 Å². The van der Waals surface area contributed by atoms with Crippen LogP contribution in [0.5, 0.6) is 0 Å². The van der Waals surface area contributed by atoms with Gasteiger partial charge in [0, 0.05) is 18.0 Å². The molecule has 0 aliphatic carbocycles. The summed E-state index contributed by atoms with van der Waals surface area (Å²) >= 11 is 0. The zero-order valence-corrected chi connectivity index (χ0v) is 14.6. The molecule has 3 aliphatic rings. The fourth-order valence-corrected chi connectivity index (χ4v) is 5.74. The molecule has 1 aromatic carbocycles. The molecule has 7 heteroatoms. The Hall–Kier alpha value is -1.28. The quantitative estimate of drug-likeness (QED) is 0.767. The van der Waals surface area contributed by atoms with Crippen LogP contribution in [0, 0.1) is 6.92 Å². The van der Waals surface area contributed by atoms with Gasteiger partial charge in [0.15, 0.2) is 10.9 Å². The number of hydrogen-bond acceptors (Lipinski definition) is 6. The molecule has 5 atom stereocenters. The van der Waals surface area contributed by atoms with Crippen LogP contribution in [-0.4, -0.2) is 51.6 Å². The second kappa shape index (κ2) is 5.91. The smallest absolute Gasteiger partial charge is 0.332 e. The van der Waals surface area contributed by atoms with Crippen LogP contribution in [-0.2, 0) is 29.9 Å². The van der Waals surface area contributed by atoms with Crippen molar-refractivity contribution in [2.24, 2.45) is 0 Å². The van der Waals surface area contributed by atoms with E-state index in [1.165, 1.54) is 0 Å². The number of carbonyl (C=O) groups excluding carboxylic acids is 1. The Bertz CT molecular complexity index is 678. The Morgan fingerprint density at radius 2 is 2.12 bits per heavy atom. The zero-order chi connectivity index (χ0) is 16.9. The van der Waals surface area contributed by atoms with Crippen molar-refractivity contribution in [1.29, 1.82) is 0 Å². The van der Waals surface area contributed by atoms with Gasteiger partial charge in [0.05, 0.1) is 16.8 Å². The van der Waals surface area contributed by atoms with E-state index in [-0.39, 0.29) is 6.04 Å². The number of benzene rings is 1. The molecular formula is C17H21NO5S. The second-order valence-electron chi connectivity index (χ2n) is 6.43. The summed E-state index contributed by atoms with van der Waals surface area (Å²) in [5, 5.41) is 1.81. The van der Waals surface area contributed by atoms with Crippen LogP contribution < -0.4 is 0 Å². The lowest BCUT2D eigenvalue weighted by Gasteiger charge is -2.27. The average Bonchev–Trinajstić information content (AvgIpc) is 3.20. The Balaban J connectivity index is 1.79. The minimum atomic E-state index is -1.58. The summed E-state index contributed by atoms with van der Waals surface area (Å²) in [5.74, 6) is -0.473. The fraction of sp³-hybridized carbons (Fsp3) is 0.588. The van der Waals surface area contributed by atoms with E-state index in [4.69, 9.17) is 14.3 Å². The molecule has 1 unspecified atom stereocenters. The molecule has 3 aliphatic heterocycles. The molecule has 0 amide bonds. The van der Waals surface area contributed by atoms with Crippen molar-refractivity contribution in [3.05, 3.63) is 29.8 Å². The first kappa shape index (κ1) is 16.2. The maximum absolute atomic E-state index is 13.5. The molecule has 0 N–H and O–H groups in total. The van der Waals surface area contributed by atoms with Crippen molar-refractivity contribution >= 4 is 16.8 Å². The van der Waals surface area contributed by atoms with E-state index in [1.54, 1.807) is 0 Å². The van der Waals surface area contributed by atoms with Gasteiger partial charge in [0.2, 0.25) is 6.29 Å². The number of ether oxygens (including phenoxy) is 2. The predicted octanol–water partition coefficient (Wildman–Crippen LogP) is 1.54. The number of carbonyl (C=O) groups is 1. The highest BCUT2D eigenvalue weighted by Crippen LogP contribution is 2.50. The maximum atomic E-state index is 13.5. The molecule has 3 saturated heterocycles. The number of fused-ring (bicyclic) bond motifs is 3. The molecule has 1 aromatic rings. The monoisotopic (exact) mass is 351 g/mol. The number of nitrogens with zero attached hydrogens (tertiary/aromatic N) is 1. The zero-order valence-electron chi connectivity index (χ0n) is 13.8. The number of hydroxylamine groups is 2. The van der Waals surface area contributed by atoms with E-state index in [1.807, 2.05) is 43.2 Å². The van der Waals surface area contributed by atoms with Crippen LogP contribution in [0.15, 0.2) is 29.2 Å². The number of esters is 1. The minimum Gasteiger partial charge on any atom is -0.431 e. The summed E-state index contributed by atoms with van der Waals surface area (Å²) in [6.45, 7) is 4.94. The highest BCUT2D eigenvalue weighted by atomic mass is 32.2. The molecule has 0 radical (unpaired) electrons. The van der Waals surface area contributed by atoms with Crippen LogP contribution >= 0.6 is 0 Å². The molecule has 0 saturated carbocycles. The molecule has 6 nitrogen and oxygen atoms in total. The van der Waals surface area contributed by atoms with E-state index in [9.17, 15) is 9.00 Å². The van der Waals surface area contributed by atoms with Crippen molar-refractivity contribution in [2.75, 3.05) is 13.2 Å². The fourth-order valence-electron chi connectivity index (χ4n) is 3.92. The van der Waals surface area contributed by atoms with Crippen LogP contribution in [0.25, 0.3) is 0 Å². The van der Waals surface area contributed by atoms with Gasteiger partial charge in [0.25, 0.3) is 0 Å². The summed E-state index contributed by atoms with van der Waals surface area (Å²) in [6, 6.07) is 7.21. The Morgan fingerprint density at radius 1 is 1.38 bits per heavy atom. The van der Waals surface area contributed by atoms with Crippen molar-refractivity contribution in [1.82, 2.24) is 5.06 Å². The summed E-state index contributed by atoms with van der Waals surface area (Å²) < 4.78 is 23.3. The lowest BCUT2D eigenvalue weighted by molar-refractivity contribution is -0.226. The van der Waals surface area contributed by atoms with E-state index < -0.39 is 33.9 Å². The van der Waals surface area contributed by atoms with Gasteiger partial charge in [0.1, 0.15) is 0 Å².